The molecule has 1 aromatic carbocycles. The average Bonchev–Trinajstić information content (AvgIpc) is 2.37. The number of nitrogen functional groups attached to an aromatic ring is 1. The molecule has 0 saturated heterocycles. The van der Waals surface area contributed by atoms with E-state index < -0.39 is 0 Å². The summed E-state index contributed by atoms with van der Waals surface area (Å²) in [6, 6.07) is 5.58. The molecule has 0 aromatic heterocycles. The number of anilines is 1. The van der Waals surface area contributed by atoms with E-state index in [2.05, 4.69) is 12.2 Å². The maximum atomic E-state index is 12.1. The zero-order valence-corrected chi connectivity index (χ0v) is 11.9. The number of benzene rings is 1. The lowest BCUT2D eigenvalue weighted by Crippen LogP contribution is -2.33. The van der Waals surface area contributed by atoms with Crippen molar-refractivity contribution < 1.29 is 4.79 Å². The quantitative estimate of drug-likeness (QED) is 0.820. The van der Waals surface area contributed by atoms with Crippen LogP contribution in [0.15, 0.2) is 18.2 Å². The second kappa shape index (κ2) is 6.09. The van der Waals surface area contributed by atoms with Crippen LogP contribution in [0.4, 0.5) is 5.69 Å². The summed E-state index contributed by atoms with van der Waals surface area (Å²) in [5, 5.41) is 3.04. The van der Waals surface area contributed by atoms with Crippen LogP contribution in [0.5, 0.6) is 0 Å². The summed E-state index contributed by atoms with van der Waals surface area (Å²) in [5.74, 6) is 1.28. The van der Waals surface area contributed by atoms with Crippen molar-refractivity contribution in [2.75, 3.05) is 12.3 Å². The van der Waals surface area contributed by atoms with Crippen molar-refractivity contribution in [2.45, 2.75) is 39.5 Å². The van der Waals surface area contributed by atoms with E-state index >= 15 is 0 Å². The molecule has 2 unspecified atom stereocenters. The zero-order chi connectivity index (χ0) is 13.8. The van der Waals surface area contributed by atoms with Gasteiger partial charge in [0.2, 0.25) is 0 Å². The second-order valence-corrected chi connectivity index (χ2v) is 5.82. The largest absolute Gasteiger partial charge is 0.398 e. The summed E-state index contributed by atoms with van der Waals surface area (Å²) in [7, 11) is 0. The average molecular weight is 260 g/mol. The van der Waals surface area contributed by atoms with E-state index in [-0.39, 0.29) is 5.91 Å². The van der Waals surface area contributed by atoms with Gasteiger partial charge in [-0.25, -0.2) is 0 Å². The molecule has 1 aromatic rings. The Bertz CT molecular complexity index is 456. The maximum absolute atomic E-state index is 12.1. The summed E-state index contributed by atoms with van der Waals surface area (Å²) in [6.07, 6.45) is 5.13. The van der Waals surface area contributed by atoms with Gasteiger partial charge in [0.15, 0.2) is 0 Å². The Kier molecular flexibility index (Phi) is 4.46. The molecule has 0 spiro atoms. The number of carbonyl (C=O) groups excluding carboxylic acids is 1. The van der Waals surface area contributed by atoms with Gasteiger partial charge in [-0.3, -0.25) is 4.79 Å². The minimum Gasteiger partial charge on any atom is -0.398 e. The molecular formula is C16H24N2O. The van der Waals surface area contributed by atoms with Gasteiger partial charge in [0.25, 0.3) is 5.91 Å². The van der Waals surface area contributed by atoms with E-state index in [1.165, 1.54) is 25.7 Å². The summed E-state index contributed by atoms with van der Waals surface area (Å²) in [5.41, 5.74) is 8.13. The third-order valence-corrected chi connectivity index (χ3v) is 4.27. The molecule has 0 bridgehead atoms. The number of aryl methyl sites for hydroxylation is 1. The van der Waals surface area contributed by atoms with Crippen molar-refractivity contribution in [3.63, 3.8) is 0 Å². The third kappa shape index (κ3) is 3.49. The Morgan fingerprint density at radius 1 is 1.37 bits per heavy atom. The van der Waals surface area contributed by atoms with Crippen molar-refractivity contribution in [3.05, 3.63) is 29.3 Å². The fourth-order valence-corrected chi connectivity index (χ4v) is 2.90. The number of amides is 1. The first-order chi connectivity index (χ1) is 9.08. The first-order valence-electron chi connectivity index (χ1n) is 7.22. The van der Waals surface area contributed by atoms with Gasteiger partial charge in [-0.05, 0) is 42.9 Å². The SMILES string of the molecule is Cc1ccc(C(=O)NCC2CCCCC2C)c(N)c1. The molecule has 0 aliphatic heterocycles. The van der Waals surface area contributed by atoms with Gasteiger partial charge in [0.1, 0.15) is 0 Å². The highest BCUT2D eigenvalue weighted by Gasteiger charge is 2.22. The highest BCUT2D eigenvalue weighted by Crippen LogP contribution is 2.29. The van der Waals surface area contributed by atoms with Crippen LogP contribution in [0, 0.1) is 18.8 Å². The maximum Gasteiger partial charge on any atom is 0.253 e. The molecule has 1 aliphatic carbocycles. The molecule has 1 fully saturated rings. The molecule has 104 valence electrons. The number of rotatable bonds is 3. The van der Waals surface area contributed by atoms with Gasteiger partial charge in [0.05, 0.1) is 5.56 Å². The molecule has 2 rings (SSSR count). The lowest BCUT2D eigenvalue weighted by molar-refractivity contribution is 0.0937. The van der Waals surface area contributed by atoms with Crippen LogP contribution in [-0.2, 0) is 0 Å². The van der Waals surface area contributed by atoms with Crippen LogP contribution in [0.2, 0.25) is 0 Å². The number of nitrogens with two attached hydrogens (primary N) is 1. The van der Waals surface area contributed by atoms with Gasteiger partial charge in [-0.1, -0.05) is 32.3 Å². The van der Waals surface area contributed by atoms with Crippen LogP contribution in [0.25, 0.3) is 0 Å². The Labute approximate surface area is 115 Å². The Balaban J connectivity index is 1.93. The summed E-state index contributed by atoms with van der Waals surface area (Å²) in [4.78, 5) is 12.1. The highest BCUT2D eigenvalue weighted by atomic mass is 16.1. The minimum atomic E-state index is -0.0460. The molecule has 1 amide bonds. The summed E-state index contributed by atoms with van der Waals surface area (Å²) in [6.45, 7) is 5.03. The third-order valence-electron chi connectivity index (χ3n) is 4.27. The molecule has 19 heavy (non-hydrogen) atoms. The zero-order valence-electron chi connectivity index (χ0n) is 11.9. The first kappa shape index (κ1) is 13.9. The number of hydrogen-bond acceptors (Lipinski definition) is 2. The lowest BCUT2D eigenvalue weighted by Gasteiger charge is -2.28. The second-order valence-electron chi connectivity index (χ2n) is 5.82. The molecule has 0 heterocycles. The number of nitrogens with one attached hydrogen (secondary N) is 1. The summed E-state index contributed by atoms with van der Waals surface area (Å²) < 4.78 is 0. The van der Waals surface area contributed by atoms with Gasteiger partial charge in [-0.2, -0.15) is 0 Å². The minimum absolute atomic E-state index is 0.0460. The molecular weight excluding hydrogens is 236 g/mol. The fourth-order valence-electron chi connectivity index (χ4n) is 2.90. The highest BCUT2D eigenvalue weighted by molar-refractivity contribution is 5.99. The van der Waals surface area contributed by atoms with E-state index in [4.69, 9.17) is 5.73 Å². The Morgan fingerprint density at radius 3 is 2.79 bits per heavy atom. The number of hydrogen-bond donors (Lipinski definition) is 2. The van der Waals surface area contributed by atoms with E-state index in [9.17, 15) is 4.79 Å². The van der Waals surface area contributed by atoms with Gasteiger partial charge < -0.3 is 11.1 Å². The van der Waals surface area contributed by atoms with Crippen molar-refractivity contribution in [2.24, 2.45) is 11.8 Å². The molecule has 0 radical (unpaired) electrons. The monoisotopic (exact) mass is 260 g/mol. The molecule has 1 saturated carbocycles. The normalized spacial score (nSPS) is 23.1. The van der Waals surface area contributed by atoms with Crippen LogP contribution >= 0.6 is 0 Å². The van der Waals surface area contributed by atoms with E-state index in [0.29, 0.717) is 23.1 Å². The topological polar surface area (TPSA) is 55.1 Å². The van der Waals surface area contributed by atoms with E-state index in [0.717, 1.165) is 12.1 Å². The first-order valence-corrected chi connectivity index (χ1v) is 7.22. The van der Waals surface area contributed by atoms with E-state index in [1.54, 1.807) is 0 Å². The molecule has 3 nitrogen and oxygen atoms in total. The van der Waals surface area contributed by atoms with Crippen LogP contribution < -0.4 is 11.1 Å². The Morgan fingerprint density at radius 2 is 2.11 bits per heavy atom. The van der Waals surface area contributed by atoms with Crippen LogP contribution in [0.3, 0.4) is 0 Å². The smallest absolute Gasteiger partial charge is 0.253 e. The molecule has 1 aliphatic rings. The predicted octanol–water partition coefficient (Wildman–Crippen LogP) is 3.13. The molecule has 2 atom stereocenters. The molecule has 3 N–H and O–H groups in total. The number of carbonyl (C=O) groups is 1. The molecule has 3 heteroatoms. The van der Waals surface area contributed by atoms with Crippen LogP contribution in [0.1, 0.15) is 48.5 Å². The van der Waals surface area contributed by atoms with Crippen LogP contribution in [-0.4, -0.2) is 12.5 Å². The predicted molar refractivity (Wildman–Crippen MR) is 79.0 cm³/mol. The Hall–Kier alpha value is -1.51. The van der Waals surface area contributed by atoms with Crippen molar-refractivity contribution in [1.29, 1.82) is 0 Å². The summed E-state index contributed by atoms with van der Waals surface area (Å²) >= 11 is 0. The lowest BCUT2D eigenvalue weighted by atomic mass is 9.80. The van der Waals surface area contributed by atoms with Gasteiger partial charge in [-0.15, -0.1) is 0 Å². The standard InChI is InChI=1S/C16H24N2O/c1-11-7-8-14(15(17)9-11)16(19)18-10-13-6-4-3-5-12(13)2/h7-9,12-13H,3-6,10,17H2,1-2H3,(H,18,19). The van der Waals surface area contributed by atoms with Crippen molar-refractivity contribution in [1.82, 2.24) is 5.32 Å². The van der Waals surface area contributed by atoms with E-state index in [1.807, 2.05) is 25.1 Å². The van der Waals surface area contributed by atoms with Crippen molar-refractivity contribution >= 4 is 11.6 Å². The van der Waals surface area contributed by atoms with Crippen molar-refractivity contribution in [3.8, 4) is 0 Å². The fraction of sp³-hybridized carbons (Fsp3) is 0.562. The van der Waals surface area contributed by atoms with Gasteiger partial charge in [0, 0.05) is 12.2 Å². The van der Waals surface area contributed by atoms with Gasteiger partial charge >= 0.3 is 0 Å².